The molecule has 1 saturated heterocycles. The molecule has 6 heteroatoms. The van der Waals surface area contributed by atoms with E-state index in [-0.39, 0.29) is 5.91 Å². The van der Waals surface area contributed by atoms with Gasteiger partial charge in [0, 0.05) is 37.4 Å². The lowest BCUT2D eigenvalue weighted by Crippen LogP contribution is -3.09. The number of quaternary nitrogens is 1. The Morgan fingerprint density at radius 3 is 2.31 bits per heavy atom. The number of hydrogen-bond donors (Lipinski definition) is 1. The average molecular weight is 399 g/mol. The number of likely N-dealkylation sites (N-methyl/N-ethyl adjacent to an activating group) is 1. The molecular weight excluding hydrogens is 366 g/mol. The van der Waals surface area contributed by atoms with E-state index in [9.17, 15) is 4.79 Å². The molecular formula is C23H32N3O3+. The van der Waals surface area contributed by atoms with Crippen molar-refractivity contribution in [3.8, 4) is 11.5 Å². The summed E-state index contributed by atoms with van der Waals surface area (Å²) in [5, 5.41) is 0. The minimum absolute atomic E-state index is 0.212. The number of carbonyl (C=O) groups excluding carboxylic acids is 1. The van der Waals surface area contributed by atoms with Crippen molar-refractivity contribution in [1.29, 1.82) is 0 Å². The highest BCUT2D eigenvalue weighted by molar-refractivity contribution is 5.77. The summed E-state index contributed by atoms with van der Waals surface area (Å²) < 4.78 is 10.7. The lowest BCUT2D eigenvalue weighted by atomic mass is 10.1. The quantitative estimate of drug-likeness (QED) is 0.766. The van der Waals surface area contributed by atoms with Gasteiger partial charge in [-0.05, 0) is 43.3 Å². The molecule has 1 amide bonds. The van der Waals surface area contributed by atoms with Crippen LogP contribution in [0.1, 0.15) is 11.1 Å². The highest BCUT2D eigenvalue weighted by Crippen LogP contribution is 2.21. The van der Waals surface area contributed by atoms with Crippen molar-refractivity contribution in [2.24, 2.45) is 0 Å². The van der Waals surface area contributed by atoms with E-state index in [4.69, 9.17) is 9.47 Å². The second kappa shape index (κ2) is 9.65. The summed E-state index contributed by atoms with van der Waals surface area (Å²) in [5.74, 6) is 1.96. The van der Waals surface area contributed by atoms with Gasteiger partial charge < -0.3 is 24.2 Å². The van der Waals surface area contributed by atoms with Crippen molar-refractivity contribution in [2.75, 3.05) is 58.9 Å². The van der Waals surface area contributed by atoms with E-state index in [1.165, 1.54) is 11.3 Å². The summed E-state index contributed by atoms with van der Waals surface area (Å²) in [6.45, 7) is 6.54. The zero-order valence-corrected chi connectivity index (χ0v) is 17.9. The van der Waals surface area contributed by atoms with Crippen LogP contribution in [0.2, 0.25) is 0 Å². The fourth-order valence-electron chi connectivity index (χ4n) is 3.81. The summed E-state index contributed by atoms with van der Waals surface area (Å²) >= 11 is 0. The normalized spacial score (nSPS) is 15.2. The summed E-state index contributed by atoms with van der Waals surface area (Å²) in [5.41, 5.74) is 3.52. The number of ether oxygens (including phenoxy) is 2. The number of amides is 1. The zero-order chi connectivity index (χ0) is 20.8. The standard InChI is InChI=1S/C23H31N3O3/c1-18-5-10-22(29-4)19(15-18)16-24(2)17-23(27)26-13-11-25(12-14-26)20-6-8-21(28-3)9-7-20/h5-10,15H,11-14,16-17H2,1-4H3/p+1. The van der Waals surface area contributed by atoms with Crippen molar-refractivity contribution < 1.29 is 19.2 Å². The Morgan fingerprint density at radius 2 is 1.69 bits per heavy atom. The third-order valence-corrected chi connectivity index (χ3v) is 5.45. The SMILES string of the molecule is COc1ccc(N2CCN(C(=O)C[NH+](C)Cc3cc(C)ccc3OC)CC2)cc1. The molecule has 1 atom stereocenters. The van der Waals surface area contributed by atoms with Gasteiger partial charge in [0.15, 0.2) is 6.54 Å². The van der Waals surface area contributed by atoms with E-state index in [1.54, 1.807) is 14.2 Å². The molecule has 3 rings (SSSR count). The van der Waals surface area contributed by atoms with E-state index in [0.29, 0.717) is 6.54 Å². The molecule has 1 aliphatic rings. The number of methoxy groups -OCH3 is 2. The number of benzene rings is 2. The number of piperazine rings is 1. The van der Waals surface area contributed by atoms with Crippen molar-refractivity contribution in [1.82, 2.24) is 4.90 Å². The van der Waals surface area contributed by atoms with Gasteiger partial charge in [0.1, 0.15) is 18.0 Å². The van der Waals surface area contributed by atoms with Gasteiger partial charge in [0.05, 0.1) is 21.3 Å². The largest absolute Gasteiger partial charge is 0.497 e. The third kappa shape index (κ3) is 5.41. The van der Waals surface area contributed by atoms with E-state index < -0.39 is 0 Å². The smallest absolute Gasteiger partial charge is 0.277 e. The van der Waals surface area contributed by atoms with Gasteiger partial charge in [0.25, 0.3) is 5.91 Å². The Balaban J connectivity index is 1.51. The van der Waals surface area contributed by atoms with Crippen LogP contribution in [0, 0.1) is 6.92 Å². The minimum atomic E-state index is 0.212. The van der Waals surface area contributed by atoms with Crippen LogP contribution in [0.3, 0.4) is 0 Å². The number of aryl methyl sites for hydroxylation is 1. The average Bonchev–Trinajstić information content (AvgIpc) is 2.74. The van der Waals surface area contributed by atoms with Crippen LogP contribution in [0.5, 0.6) is 11.5 Å². The van der Waals surface area contributed by atoms with Gasteiger partial charge in [-0.1, -0.05) is 11.6 Å². The molecule has 0 spiro atoms. The summed E-state index contributed by atoms with van der Waals surface area (Å²) in [7, 11) is 5.43. The molecule has 2 aromatic rings. The first-order valence-electron chi connectivity index (χ1n) is 10.1. The number of rotatable bonds is 7. The lowest BCUT2D eigenvalue weighted by Gasteiger charge is -2.36. The molecule has 1 unspecified atom stereocenters. The number of nitrogens with zero attached hydrogens (tertiary/aromatic N) is 2. The van der Waals surface area contributed by atoms with Crippen LogP contribution in [0.25, 0.3) is 0 Å². The fourth-order valence-corrected chi connectivity index (χ4v) is 3.81. The van der Waals surface area contributed by atoms with E-state index in [2.05, 4.69) is 37.1 Å². The van der Waals surface area contributed by atoms with Gasteiger partial charge in [-0.15, -0.1) is 0 Å². The molecule has 6 nitrogen and oxygen atoms in total. The first kappa shape index (κ1) is 21.0. The van der Waals surface area contributed by atoms with Crippen molar-refractivity contribution in [3.05, 3.63) is 53.6 Å². The minimum Gasteiger partial charge on any atom is -0.497 e. The molecule has 1 fully saturated rings. The second-order valence-electron chi connectivity index (χ2n) is 7.69. The van der Waals surface area contributed by atoms with Crippen LogP contribution in [0.15, 0.2) is 42.5 Å². The van der Waals surface area contributed by atoms with E-state index in [0.717, 1.165) is 54.7 Å². The summed E-state index contributed by atoms with van der Waals surface area (Å²) in [6.07, 6.45) is 0. The van der Waals surface area contributed by atoms with Crippen molar-refractivity contribution in [3.63, 3.8) is 0 Å². The Hall–Kier alpha value is -2.73. The maximum atomic E-state index is 12.8. The van der Waals surface area contributed by atoms with Gasteiger partial charge in [-0.3, -0.25) is 4.79 Å². The maximum Gasteiger partial charge on any atom is 0.277 e. The number of carbonyl (C=O) groups is 1. The first-order valence-corrected chi connectivity index (χ1v) is 10.1. The third-order valence-electron chi connectivity index (χ3n) is 5.45. The first-order chi connectivity index (χ1) is 14.0. The topological polar surface area (TPSA) is 46.5 Å². The predicted molar refractivity (Wildman–Crippen MR) is 115 cm³/mol. The van der Waals surface area contributed by atoms with Gasteiger partial charge >= 0.3 is 0 Å². The molecule has 1 aliphatic heterocycles. The highest BCUT2D eigenvalue weighted by atomic mass is 16.5. The Labute approximate surface area is 173 Å². The van der Waals surface area contributed by atoms with Crippen molar-refractivity contribution in [2.45, 2.75) is 13.5 Å². The predicted octanol–water partition coefficient (Wildman–Crippen LogP) is 1.38. The van der Waals surface area contributed by atoms with Crippen molar-refractivity contribution >= 4 is 11.6 Å². The molecule has 0 radical (unpaired) electrons. The maximum absolute atomic E-state index is 12.8. The molecule has 0 saturated carbocycles. The fraction of sp³-hybridized carbons (Fsp3) is 0.435. The monoisotopic (exact) mass is 398 g/mol. The van der Waals surface area contributed by atoms with E-state index >= 15 is 0 Å². The summed E-state index contributed by atoms with van der Waals surface area (Å²) in [6, 6.07) is 14.3. The van der Waals surface area contributed by atoms with Gasteiger partial charge in [0.2, 0.25) is 0 Å². The van der Waals surface area contributed by atoms with Crippen LogP contribution < -0.4 is 19.3 Å². The Bertz CT molecular complexity index is 815. The molecule has 0 aromatic heterocycles. The van der Waals surface area contributed by atoms with Crippen LogP contribution in [0.4, 0.5) is 5.69 Å². The van der Waals surface area contributed by atoms with Crippen LogP contribution >= 0.6 is 0 Å². The molecule has 1 N–H and O–H groups in total. The number of hydrogen-bond acceptors (Lipinski definition) is 4. The van der Waals surface area contributed by atoms with Crippen LogP contribution in [-0.2, 0) is 11.3 Å². The molecule has 29 heavy (non-hydrogen) atoms. The molecule has 156 valence electrons. The molecule has 0 bridgehead atoms. The molecule has 2 aromatic carbocycles. The van der Waals surface area contributed by atoms with Crippen LogP contribution in [-0.4, -0.2) is 64.8 Å². The van der Waals surface area contributed by atoms with E-state index in [1.807, 2.05) is 29.2 Å². The summed E-state index contributed by atoms with van der Waals surface area (Å²) in [4.78, 5) is 18.2. The van der Waals surface area contributed by atoms with Gasteiger partial charge in [-0.25, -0.2) is 0 Å². The number of nitrogens with one attached hydrogen (secondary N) is 1. The highest BCUT2D eigenvalue weighted by Gasteiger charge is 2.24. The van der Waals surface area contributed by atoms with Gasteiger partial charge in [-0.2, -0.15) is 0 Å². The number of anilines is 1. The Kier molecular flexibility index (Phi) is 6.99. The molecule has 0 aliphatic carbocycles. The Morgan fingerprint density at radius 1 is 1.00 bits per heavy atom. The second-order valence-corrected chi connectivity index (χ2v) is 7.69. The lowest BCUT2D eigenvalue weighted by molar-refractivity contribution is -0.885. The zero-order valence-electron chi connectivity index (χ0n) is 17.9. The molecule has 1 heterocycles.